The van der Waals surface area contributed by atoms with Gasteiger partial charge in [0.1, 0.15) is 0 Å². The van der Waals surface area contributed by atoms with Gasteiger partial charge in [-0.2, -0.15) is 0 Å². The van der Waals surface area contributed by atoms with Crippen LogP contribution in [0.3, 0.4) is 0 Å². The van der Waals surface area contributed by atoms with Gasteiger partial charge >= 0.3 is 0 Å². The number of halogens is 1. The quantitative estimate of drug-likeness (QED) is 0.663. The molecule has 3 N–H and O–H groups in total. The molecule has 0 aromatic heterocycles. The monoisotopic (exact) mass is 399 g/mol. The maximum absolute atomic E-state index is 12.4. The summed E-state index contributed by atoms with van der Waals surface area (Å²) >= 11 is 5.84. The van der Waals surface area contributed by atoms with Crippen molar-refractivity contribution in [2.45, 2.75) is 19.8 Å². The molecule has 0 radical (unpaired) electrons. The minimum absolute atomic E-state index is 0.0101. The van der Waals surface area contributed by atoms with E-state index in [1.165, 1.54) is 0 Å². The molecule has 3 amide bonds. The summed E-state index contributed by atoms with van der Waals surface area (Å²) < 4.78 is 0. The number of hydrogen-bond donors (Lipinski definition) is 3. The third-order valence-corrected chi connectivity index (χ3v) is 4.91. The number of carbonyl (C=O) groups is 3. The van der Waals surface area contributed by atoms with Gasteiger partial charge in [-0.15, -0.1) is 0 Å². The Hall–Kier alpha value is -2.86. The van der Waals surface area contributed by atoms with Crippen LogP contribution < -0.4 is 16.0 Å². The van der Waals surface area contributed by atoms with Gasteiger partial charge in [-0.05, 0) is 48.7 Å². The lowest BCUT2D eigenvalue weighted by Gasteiger charge is -2.12. The van der Waals surface area contributed by atoms with Crippen LogP contribution in [0.25, 0.3) is 0 Å². The second kappa shape index (κ2) is 8.89. The molecule has 2 aromatic rings. The van der Waals surface area contributed by atoms with Gasteiger partial charge in [0.25, 0.3) is 5.91 Å². The molecule has 0 aliphatic heterocycles. The van der Waals surface area contributed by atoms with Crippen molar-refractivity contribution in [3.63, 3.8) is 0 Å². The van der Waals surface area contributed by atoms with Gasteiger partial charge in [-0.3, -0.25) is 14.4 Å². The van der Waals surface area contributed by atoms with E-state index >= 15 is 0 Å². The largest absolute Gasteiger partial charge is 0.355 e. The van der Waals surface area contributed by atoms with E-state index in [0.717, 1.165) is 6.42 Å². The average molecular weight is 400 g/mol. The van der Waals surface area contributed by atoms with Crippen molar-refractivity contribution in [1.82, 2.24) is 5.32 Å². The predicted octanol–water partition coefficient (Wildman–Crippen LogP) is 3.69. The molecule has 1 saturated carbocycles. The van der Waals surface area contributed by atoms with Gasteiger partial charge in [0.2, 0.25) is 11.8 Å². The van der Waals surface area contributed by atoms with Crippen LogP contribution in [0.4, 0.5) is 11.4 Å². The molecule has 0 saturated heterocycles. The van der Waals surface area contributed by atoms with Crippen molar-refractivity contribution in [1.29, 1.82) is 0 Å². The van der Waals surface area contributed by atoms with E-state index in [0.29, 0.717) is 27.9 Å². The Bertz CT molecular complexity index is 883. The predicted molar refractivity (Wildman–Crippen MR) is 109 cm³/mol. The third kappa shape index (κ3) is 5.33. The molecule has 0 heterocycles. The lowest BCUT2D eigenvalue weighted by Crippen LogP contribution is -2.29. The topological polar surface area (TPSA) is 87.3 Å². The van der Waals surface area contributed by atoms with Gasteiger partial charge in [-0.25, -0.2) is 0 Å². The molecule has 0 bridgehead atoms. The molecule has 1 aliphatic rings. The fraction of sp³-hybridized carbons (Fsp3) is 0.286. The van der Waals surface area contributed by atoms with Crippen LogP contribution in [-0.2, 0) is 9.59 Å². The van der Waals surface area contributed by atoms with Crippen molar-refractivity contribution >= 4 is 40.7 Å². The fourth-order valence-electron chi connectivity index (χ4n) is 2.83. The molecule has 0 spiro atoms. The molecular weight excluding hydrogens is 378 g/mol. The van der Waals surface area contributed by atoms with E-state index in [9.17, 15) is 14.4 Å². The summed E-state index contributed by atoms with van der Waals surface area (Å²) in [6, 6.07) is 13.5. The highest BCUT2D eigenvalue weighted by Gasteiger charge is 2.38. The van der Waals surface area contributed by atoms with Gasteiger partial charge < -0.3 is 16.0 Å². The van der Waals surface area contributed by atoms with Crippen molar-refractivity contribution in [2.24, 2.45) is 11.8 Å². The number of rotatable bonds is 7. The smallest absolute Gasteiger partial charge is 0.255 e. The highest BCUT2D eigenvalue weighted by atomic mass is 35.5. The SMILES string of the molecule is C[C@@H]1C[C@H]1C(=O)NCCC(=O)Nc1ccccc1NC(=O)c1ccc(Cl)cc1. The van der Waals surface area contributed by atoms with E-state index in [1.54, 1.807) is 48.5 Å². The Morgan fingerprint density at radius 2 is 1.61 bits per heavy atom. The van der Waals surface area contributed by atoms with Crippen LogP contribution in [-0.4, -0.2) is 24.3 Å². The van der Waals surface area contributed by atoms with Crippen LogP contribution in [0, 0.1) is 11.8 Å². The summed E-state index contributed by atoms with van der Waals surface area (Å²) in [5.41, 5.74) is 1.45. The number of amides is 3. The number of para-hydroxylation sites is 2. The minimum Gasteiger partial charge on any atom is -0.355 e. The van der Waals surface area contributed by atoms with Crippen LogP contribution in [0.2, 0.25) is 5.02 Å². The Morgan fingerprint density at radius 3 is 2.21 bits per heavy atom. The van der Waals surface area contributed by atoms with Crippen LogP contribution in [0.15, 0.2) is 48.5 Å². The van der Waals surface area contributed by atoms with Crippen molar-refractivity contribution in [3.05, 3.63) is 59.1 Å². The molecule has 28 heavy (non-hydrogen) atoms. The van der Waals surface area contributed by atoms with Gasteiger partial charge in [0.15, 0.2) is 0 Å². The molecule has 3 rings (SSSR count). The summed E-state index contributed by atoms with van der Waals surface area (Å²) in [5, 5.41) is 8.90. The van der Waals surface area contributed by atoms with Crippen molar-refractivity contribution < 1.29 is 14.4 Å². The van der Waals surface area contributed by atoms with E-state index in [2.05, 4.69) is 16.0 Å². The zero-order valence-electron chi connectivity index (χ0n) is 15.5. The Labute approximate surface area is 168 Å². The van der Waals surface area contributed by atoms with Gasteiger partial charge in [0.05, 0.1) is 11.4 Å². The molecule has 7 heteroatoms. The molecule has 6 nitrogen and oxygen atoms in total. The molecule has 2 aromatic carbocycles. The van der Waals surface area contributed by atoms with Crippen molar-refractivity contribution in [2.75, 3.05) is 17.2 Å². The van der Waals surface area contributed by atoms with E-state index in [1.807, 2.05) is 6.92 Å². The van der Waals surface area contributed by atoms with E-state index < -0.39 is 0 Å². The maximum Gasteiger partial charge on any atom is 0.255 e. The summed E-state index contributed by atoms with van der Waals surface area (Å²) in [6.07, 6.45) is 1.07. The summed E-state index contributed by atoms with van der Waals surface area (Å²) in [7, 11) is 0. The second-order valence-electron chi connectivity index (χ2n) is 6.92. The Morgan fingerprint density at radius 1 is 1.00 bits per heavy atom. The van der Waals surface area contributed by atoms with Crippen LogP contribution in [0.1, 0.15) is 30.1 Å². The molecular formula is C21H22ClN3O3. The van der Waals surface area contributed by atoms with Crippen molar-refractivity contribution in [3.8, 4) is 0 Å². The van der Waals surface area contributed by atoms with Gasteiger partial charge in [0, 0.05) is 29.5 Å². The molecule has 1 aliphatic carbocycles. The zero-order chi connectivity index (χ0) is 20.1. The highest BCUT2D eigenvalue weighted by Crippen LogP contribution is 2.37. The molecule has 146 valence electrons. The number of benzene rings is 2. The molecule has 2 atom stereocenters. The average Bonchev–Trinajstić information content (AvgIpc) is 3.40. The first-order valence-corrected chi connectivity index (χ1v) is 9.55. The first-order valence-electron chi connectivity index (χ1n) is 9.17. The number of carbonyl (C=O) groups excluding carboxylic acids is 3. The Balaban J connectivity index is 1.54. The minimum atomic E-state index is -0.302. The molecule has 0 unspecified atom stereocenters. The van der Waals surface area contributed by atoms with Gasteiger partial charge in [-0.1, -0.05) is 30.7 Å². The fourth-order valence-corrected chi connectivity index (χ4v) is 2.95. The van der Waals surface area contributed by atoms with E-state index in [-0.39, 0.29) is 36.6 Å². The van der Waals surface area contributed by atoms with E-state index in [4.69, 9.17) is 11.6 Å². The second-order valence-corrected chi connectivity index (χ2v) is 7.35. The first kappa shape index (κ1) is 19.9. The summed E-state index contributed by atoms with van der Waals surface area (Å²) in [6.45, 7) is 2.32. The van der Waals surface area contributed by atoms with Crippen LogP contribution in [0.5, 0.6) is 0 Å². The molecule has 1 fully saturated rings. The standard InChI is InChI=1S/C21H22ClN3O3/c1-13-12-16(13)21(28)23-11-10-19(26)24-17-4-2-3-5-18(17)25-20(27)14-6-8-15(22)9-7-14/h2-9,13,16H,10-12H2,1H3,(H,23,28)(H,24,26)(H,25,27)/t13-,16-/m1/s1. The summed E-state index contributed by atoms with van der Waals surface area (Å²) in [4.78, 5) is 36.4. The normalized spacial score (nSPS) is 17.5. The summed E-state index contributed by atoms with van der Waals surface area (Å²) in [5.74, 6) is -0.00531. The lowest BCUT2D eigenvalue weighted by molar-refractivity contribution is -0.122. The number of hydrogen-bond acceptors (Lipinski definition) is 3. The lowest BCUT2D eigenvalue weighted by atomic mass is 10.2. The Kier molecular flexibility index (Phi) is 6.31. The first-order chi connectivity index (χ1) is 13.4. The van der Waals surface area contributed by atoms with Crippen LogP contribution >= 0.6 is 11.6 Å². The highest BCUT2D eigenvalue weighted by molar-refractivity contribution is 6.30. The number of nitrogens with one attached hydrogen (secondary N) is 3. The third-order valence-electron chi connectivity index (χ3n) is 4.65. The maximum atomic E-state index is 12.4. The number of anilines is 2. The zero-order valence-corrected chi connectivity index (χ0v) is 16.3.